The Kier molecular flexibility index (Phi) is 4.56. The third-order valence-electron chi connectivity index (χ3n) is 3.99. The number of aliphatic carboxylic acids is 1. The lowest BCUT2D eigenvalue weighted by molar-refractivity contribution is -0.139. The maximum absolute atomic E-state index is 12.8. The average Bonchev–Trinajstić information content (AvgIpc) is 2.38. The minimum absolute atomic E-state index is 0.00566. The number of carboxylic acids is 1. The van der Waals surface area contributed by atoms with Crippen molar-refractivity contribution in [2.45, 2.75) is 31.9 Å². The molecule has 1 N–H and O–H groups in total. The van der Waals surface area contributed by atoms with Gasteiger partial charge in [-0.05, 0) is 62.0 Å². The number of carboxylic acid groups (broad SMARTS) is 1. The summed E-state index contributed by atoms with van der Waals surface area (Å²) in [7, 11) is 0. The van der Waals surface area contributed by atoms with Crippen LogP contribution < -0.4 is 0 Å². The van der Waals surface area contributed by atoms with Crippen LogP contribution in [0.5, 0.6) is 0 Å². The molecule has 3 nitrogen and oxygen atoms in total. The van der Waals surface area contributed by atoms with Crippen molar-refractivity contribution in [2.24, 2.45) is 0 Å². The van der Waals surface area contributed by atoms with Gasteiger partial charge >= 0.3 is 12.1 Å². The van der Waals surface area contributed by atoms with Crippen LogP contribution in [0.25, 0.3) is 0 Å². The fourth-order valence-electron chi connectivity index (χ4n) is 2.85. The summed E-state index contributed by atoms with van der Waals surface area (Å²) in [5, 5.41) is 8.75. The van der Waals surface area contributed by atoms with E-state index in [4.69, 9.17) is 5.11 Å². The standard InChI is InChI=1S/C15H18F3NO2/c1-10-2-3-12(15(16,17)18)8-13(10)11-4-6-19(7-5-11)9-14(20)21/h2-3,8,11H,4-7,9H2,1H3,(H,20,21). The van der Waals surface area contributed by atoms with E-state index < -0.39 is 17.7 Å². The highest BCUT2D eigenvalue weighted by Gasteiger charge is 2.32. The molecule has 116 valence electrons. The van der Waals surface area contributed by atoms with Crippen molar-refractivity contribution in [2.75, 3.05) is 19.6 Å². The number of carbonyl (C=O) groups is 1. The number of piperidine rings is 1. The monoisotopic (exact) mass is 301 g/mol. The molecule has 0 unspecified atom stereocenters. The van der Waals surface area contributed by atoms with E-state index in [-0.39, 0.29) is 12.5 Å². The molecule has 1 aliphatic heterocycles. The molecule has 0 aromatic heterocycles. The van der Waals surface area contributed by atoms with Crippen molar-refractivity contribution in [1.29, 1.82) is 0 Å². The number of aryl methyl sites for hydroxylation is 1. The number of likely N-dealkylation sites (tertiary alicyclic amines) is 1. The van der Waals surface area contributed by atoms with Gasteiger partial charge in [0.25, 0.3) is 0 Å². The minimum Gasteiger partial charge on any atom is -0.480 e. The Hall–Kier alpha value is -1.56. The lowest BCUT2D eigenvalue weighted by atomic mass is 9.86. The normalized spacial score (nSPS) is 17.9. The molecule has 1 aliphatic rings. The molecule has 1 aromatic rings. The van der Waals surface area contributed by atoms with E-state index in [1.54, 1.807) is 0 Å². The molecule has 0 radical (unpaired) electrons. The topological polar surface area (TPSA) is 40.5 Å². The highest BCUT2D eigenvalue weighted by atomic mass is 19.4. The van der Waals surface area contributed by atoms with Gasteiger partial charge in [0.15, 0.2) is 0 Å². The van der Waals surface area contributed by atoms with Crippen molar-refractivity contribution in [1.82, 2.24) is 4.90 Å². The first kappa shape index (κ1) is 15.8. The average molecular weight is 301 g/mol. The van der Waals surface area contributed by atoms with E-state index in [1.807, 2.05) is 11.8 Å². The van der Waals surface area contributed by atoms with Gasteiger partial charge in [0, 0.05) is 0 Å². The molecule has 1 fully saturated rings. The van der Waals surface area contributed by atoms with Gasteiger partial charge < -0.3 is 5.11 Å². The zero-order valence-electron chi connectivity index (χ0n) is 11.8. The van der Waals surface area contributed by atoms with E-state index in [0.29, 0.717) is 25.9 Å². The van der Waals surface area contributed by atoms with Crippen molar-refractivity contribution >= 4 is 5.97 Å². The van der Waals surface area contributed by atoms with Crippen LogP contribution in [0.2, 0.25) is 0 Å². The molecule has 0 atom stereocenters. The summed E-state index contributed by atoms with van der Waals surface area (Å²) in [5.74, 6) is -0.805. The summed E-state index contributed by atoms with van der Waals surface area (Å²) in [5.41, 5.74) is 0.982. The number of alkyl halides is 3. The van der Waals surface area contributed by atoms with E-state index >= 15 is 0 Å². The van der Waals surface area contributed by atoms with Crippen LogP contribution in [0.1, 0.15) is 35.4 Å². The molecule has 0 spiro atoms. The van der Waals surface area contributed by atoms with Crippen LogP contribution >= 0.6 is 0 Å². The number of rotatable bonds is 3. The summed E-state index contributed by atoms with van der Waals surface area (Å²) in [6.45, 7) is 3.02. The number of benzene rings is 1. The molecule has 21 heavy (non-hydrogen) atoms. The smallest absolute Gasteiger partial charge is 0.416 e. The number of hydrogen-bond acceptors (Lipinski definition) is 2. The lowest BCUT2D eigenvalue weighted by Crippen LogP contribution is -2.36. The quantitative estimate of drug-likeness (QED) is 0.931. The van der Waals surface area contributed by atoms with Gasteiger partial charge in [0.2, 0.25) is 0 Å². The van der Waals surface area contributed by atoms with Gasteiger partial charge in [-0.3, -0.25) is 9.69 Å². The zero-order valence-corrected chi connectivity index (χ0v) is 11.8. The maximum atomic E-state index is 12.8. The maximum Gasteiger partial charge on any atom is 0.416 e. The van der Waals surface area contributed by atoms with Crippen molar-refractivity contribution in [3.05, 3.63) is 34.9 Å². The van der Waals surface area contributed by atoms with Crippen molar-refractivity contribution < 1.29 is 23.1 Å². The molecule has 2 rings (SSSR count). The Balaban J connectivity index is 2.11. The first-order valence-electron chi connectivity index (χ1n) is 6.89. The van der Waals surface area contributed by atoms with Crippen LogP contribution in [0.3, 0.4) is 0 Å². The van der Waals surface area contributed by atoms with Crippen molar-refractivity contribution in [3.63, 3.8) is 0 Å². The van der Waals surface area contributed by atoms with E-state index in [2.05, 4.69) is 0 Å². The number of halogens is 3. The van der Waals surface area contributed by atoms with Crippen LogP contribution in [0, 0.1) is 6.92 Å². The Morgan fingerprint density at radius 3 is 2.48 bits per heavy atom. The predicted octanol–water partition coefficient (Wildman–Crippen LogP) is 3.28. The van der Waals surface area contributed by atoms with Gasteiger partial charge in [-0.1, -0.05) is 6.07 Å². The molecule has 0 saturated carbocycles. The zero-order chi connectivity index (χ0) is 15.6. The first-order valence-corrected chi connectivity index (χ1v) is 6.89. The van der Waals surface area contributed by atoms with Gasteiger partial charge in [0.05, 0.1) is 12.1 Å². The second-order valence-electron chi connectivity index (χ2n) is 5.51. The molecular formula is C15H18F3NO2. The molecule has 1 aromatic carbocycles. The largest absolute Gasteiger partial charge is 0.480 e. The fourth-order valence-corrected chi connectivity index (χ4v) is 2.85. The number of nitrogens with zero attached hydrogens (tertiary/aromatic N) is 1. The van der Waals surface area contributed by atoms with Gasteiger partial charge in [-0.15, -0.1) is 0 Å². The van der Waals surface area contributed by atoms with Crippen LogP contribution in [-0.4, -0.2) is 35.6 Å². The SMILES string of the molecule is Cc1ccc(C(F)(F)F)cc1C1CCN(CC(=O)O)CC1. The molecule has 1 heterocycles. The van der Waals surface area contributed by atoms with Crippen LogP contribution in [0.4, 0.5) is 13.2 Å². The summed E-state index contributed by atoms with van der Waals surface area (Å²) in [6.07, 6.45) is -2.95. The van der Waals surface area contributed by atoms with Gasteiger partial charge in [-0.2, -0.15) is 13.2 Å². The van der Waals surface area contributed by atoms with Crippen LogP contribution in [0.15, 0.2) is 18.2 Å². The van der Waals surface area contributed by atoms with Crippen molar-refractivity contribution in [3.8, 4) is 0 Å². The fraction of sp³-hybridized carbons (Fsp3) is 0.533. The van der Waals surface area contributed by atoms with Gasteiger partial charge in [-0.25, -0.2) is 0 Å². The Labute approximate surface area is 121 Å². The Morgan fingerprint density at radius 2 is 1.95 bits per heavy atom. The summed E-state index contributed by atoms with van der Waals surface area (Å²) >= 11 is 0. The second-order valence-corrected chi connectivity index (χ2v) is 5.51. The molecule has 6 heteroatoms. The Bertz CT molecular complexity index is 520. The summed E-state index contributed by atoms with van der Waals surface area (Å²) < 4.78 is 38.4. The summed E-state index contributed by atoms with van der Waals surface area (Å²) in [6, 6.07) is 3.87. The van der Waals surface area contributed by atoms with Crippen LogP contribution in [-0.2, 0) is 11.0 Å². The summed E-state index contributed by atoms with van der Waals surface area (Å²) in [4.78, 5) is 12.5. The first-order chi connectivity index (χ1) is 9.77. The molecular weight excluding hydrogens is 283 g/mol. The van der Waals surface area contributed by atoms with Gasteiger partial charge in [0.1, 0.15) is 0 Å². The van der Waals surface area contributed by atoms with E-state index in [1.165, 1.54) is 12.1 Å². The van der Waals surface area contributed by atoms with E-state index in [0.717, 1.165) is 17.2 Å². The second kappa shape index (κ2) is 6.05. The third-order valence-corrected chi connectivity index (χ3v) is 3.99. The molecule has 0 amide bonds. The number of hydrogen-bond donors (Lipinski definition) is 1. The lowest BCUT2D eigenvalue weighted by Gasteiger charge is -2.32. The molecule has 1 saturated heterocycles. The molecule has 0 aliphatic carbocycles. The highest BCUT2D eigenvalue weighted by molar-refractivity contribution is 5.69. The van der Waals surface area contributed by atoms with E-state index in [9.17, 15) is 18.0 Å². The minimum atomic E-state index is -4.33. The predicted molar refractivity (Wildman–Crippen MR) is 72.2 cm³/mol. The Morgan fingerprint density at radius 1 is 1.33 bits per heavy atom. The molecule has 0 bridgehead atoms. The third kappa shape index (κ3) is 3.97. The highest BCUT2D eigenvalue weighted by Crippen LogP contribution is 2.35.